The maximum Gasteiger partial charge on any atom is 0.338 e. The van der Waals surface area contributed by atoms with Gasteiger partial charge in [-0.2, -0.15) is 0 Å². The van der Waals surface area contributed by atoms with Gasteiger partial charge in [0, 0.05) is 10.4 Å². The molecule has 1 aromatic heterocycles. The van der Waals surface area contributed by atoms with Crippen LogP contribution in [0.3, 0.4) is 0 Å². The molecule has 0 spiro atoms. The maximum absolute atomic E-state index is 11.6. The predicted octanol–water partition coefficient (Wildman–Crippen LogP) is 3.01. The van der Waals surface area contributed by atoms with E-state index < -0.39 is 0 Å². The zero-order valence-corrected chi connectivity index (χ0v) is 9.99. The largest absolute Gasteiger partial charge is 0.465 e. The quantitative estimate of drug-likeness (QED) is 0.617. The summed E-state index contributed by atoms with van der Waals surface area (Å²) in [6, 6.07) is 10.7. The van der Waals surface area contributed by atoms with E-state index in [-0.39, 0.29) is 5.97 Å². The molecule has 2 rings (SSSR count). The first-order valence-electron chi connectivity index (χ1n) is 4.99. The van der Waals surface area contributed by atoms with Crippen LogP contribution in [-0.4, -0.2) is 19.4 Å². The lowest BCUT2D eigenvalue weighted by Gasteiger charge is -2.05. The molecule has 0 atom stereocenters. The van der Waals surface area contributed by atoms with Crippen molar-refractivity contribution >= 4 is 23.6 Å². The van der Waals surface area contributed by atoms with Crippen molar-refractivity contribution in [3.8, 4) is 10.4 Å². The van der Waals surface area contributed by atoms with Crippen molar-refractivity contribution in [1.82, 2.24) is 0 Å². The van der Waals surface area contributed by atoms with E-state index in [2.05, 4.69) is 0 Å². The van der Waals surface area contributed by atoms with Crippen LogP contribution in [-0.2, 0) is 4.74 Å². The van der Waals surface area contributed by atoms with E-state index >= 15 is 0 Å². The van der Waals surface area contributed by atoms with Gasteiger partial charge < -0.3 is 4.74 Å². The van der Waals surface area contributed by atoms with Gasteiger partial charge in [-0.25, -0.2) is 4.79 Å². The minimum absolute atomic E-state index is 0.373. The Morgan fingerprint density at radius 1 is 1.24 bits per heavy atom. The van der Waals surface area contributed by atoms with Crippen molar-refractivity contribution in [2.24, 2.45) is 0 Å². The molecule has 86 valence electrons. The summed E-state index contributed by atoms with van der Waals surface area (Å²) in [5.41, 5.74) is 1.30. The monoisotopic (exact) mass is 246 g/mol. The van der Waals surface area contributed by atoms with E-state index in [1.807, 2.05) is 18.2 Å². The molecule has 4 heteroatoms. The van der Waals surface area contributed by atoms with E-state index in [9.17, 15) is 9.59 Å². The second-order valence-corrected chi connectivity index (χ2v) is 4.47. The number of carbonyl (C=O) groups is 2. The fourth-order valence-corrected chi connectivity index (χ4v) is 2.41. The molecule has 0 amide bonds. The van der Waals surface area contributed by atoms with Crippen LogP contribution in [0.2, 0.25) is 0 Å². The van der Waals surface area contributed by atoms with Crippen LogP contribution in [0.1, 0.15) is 20.0 Å². The van der Waals surface area contributed by atoms with Crippen molar-refractivity contribution in [3.05, 3.63) is 46.8 Å². The molecule has 0 radical (unpaired) electrons. The molecule has 1 aromatic carbocycles. The standard InChI is InChI=1S/C13H10O3S/c1-16-13(15)11-5-3-2-4-10(11)12-7-6-9(8-14)17-12/h2-8H,1H3. The molecule has 0 saturated carbocycles. The second kappa shape index (κ2) is 4.93. The molecule has 1 heterocycles. The van der Waals surface area contributed by atoms with Gasteiger partial charge >= 0.3 is 5.97 Å². The second-order valence-electron chi connectivity index (χ2n) is 3.36. The molecule has 0 aliphatic rings. The van der Waals surface area contributed by atoms with Crippen LogP contribution < -0.4 is 0 Å². The number of methoxy groups -OCH3 is 1. The smallest absolute Gasteiger partial charge is 0.338 e. The Labute approximate surface area is 103 Å². The number of thiophene rings is 1. The van der Waals surface area contributed by atoms with E-state index in [1.54, 1.807) is 18.2 Å². The van der Waals surface area contributed by atoms with Crippen LogP contribution in [0.5, 0.6) is 0 Å². The number of carbonyl (C=O) groups excluding carboxylic acids is 2. The Kier molecular flexibility index (Phi) is 3.35. The van der Waals surface area contributed by atoms with Crippen LogP contribution in [0.25, 0.3) is 10.4 Å². The first-order chi connectivity index (χ1) is 8.26. The fourth-order valence-electron chi connectivity index (χ4n) is 1.55. The molecule has 0 bridgehead atoms. The lowest BCUT2D eigenvalue weighted by molar-refractivity contribution is 0.0601. The lowest BCUT2D eigenvalue weighted by Crippen LogP contribution is -2.02. The Morgan fingerprint density at radius 2 is 2.00 bits per heavy atom. The third-order valence-corrected chi connectivity index (χ3v) is 3.38. The van der Waals surface area contributed by atoms with Gasteiger partial charge in [-0.3, -0.25) is 4.79 Å². The predicted molar refractivity (Wildman–Crippen MR) is 66.5 cm³/mol. The summed E-state index contributed by atoms with van der Waals surface area (Å²) in [5, 5.41) is 0. The highest BCUT2D eigenvalue weighted by molar-refractivity contribution is 7.17. The summed E-state index contributed by atoms with van der Waals surface area (Å²) in [7, 11) is 1.35. The minimum Gasteiger partial charge on any atom is -0.465 e. The number of hydrogen-bond acceptors (Lipinski definition) is 4. The van der Waals surface area contributed by atoms with Gasteiger partial charge in [0.15, 0.2) is 6.29 Å². The number of hydrogen-bond donors (Lipinski definition) is 0. The number of rotatable bonds is 3. The van der Waals surface area contributed by atoms with Crippen LogP contribution in [0.4, 0.5) is 0 Å². The topological polar surface area (TPSA) is 43.4 Å². The highest BCUT2D eigenvalue weighted by atomic mass is 32.1. The summed E-state index contributed by atoms with van der Waals surface area (Å²) in [4.78, 5) is 23.8. The van der Waals surface area contributed by atoms with Crippen LogP contribution in [0.15, 0.2) is 36.4 Å². The molecule has 0 aliphatic carbocycles. The molecule has 0 saturated heterocycles. The van der Waals surface area contributed by atoms with Crippen molar-refractivity contribution in [2.45, 2.75) is 0 Å². The lowest BCUT2D eigenvalue weighted by atomic mass is 10.1. The van der Waals surface area contributed by atoms with Gasteiger partial charge in [-0.15, -0.1) is 11.3 Å². The van der Waals surface area contributed by atoms with Gasteiger partial charge in [0.25, 0.3) is 0 Å². The third kappa shape index (κ3) is 2.26. The number of benzene rings is 1. The molecule has 0 fully saturated rings. The first kappa shape index (κ1) is 11.5. The van der Waals surface area contributed by atoms with E-state index in [0.29, 0.717) is 10.4 Å². The average molecular weight is 246 g/mol. The number of aldehydes is 1. The van der Waals surface area contributed by atoms with Gasteiger partial charge in [-0.1, -0.05) is 18.2 Å². The summed E-state index contributed by atoms with van der Waals surface area (Å²) >= 11 is 1.35. The first-order valence-corrected chi connectivity index (χ1v) is 5.80. The molecule has 3 nitrogen and oxygen atoms in total. The molecule has 0 unspecified atom stereocenters. The van der Waals surface area contributed by atoms with Crippen LogP contribution >= 0.6 is 11.3 Å². The number of ether oxygens (including phenoxy) is 1. The van der Waals surface area contributed by atoms with Gasteiger partial charge in [0.1, 0.15) is 0 Å². The Morgan fingerprint density at radius 3 is 2.65 bits per heavy atom. The maximum atomic E-state index is 11.6. The molecule has 0 N–H and O–H groups in total. The summed E-state index contributed by atoms with van der Waals surface area (Å²) in [6.45, 7) is 0. The van der Waals surface area contributed by atoms with Gasteiger partial charge in [0.05, 0.1) is 17.6 Å². The van der Waals surface area contributed by atoms with Gasteiger partial charge in [-0.05, 0) is 18.2 Å². The van der Waals surface area contributed by atoms with Crippen molar-refractivity contribution in [3.63, 3.8) is 0 Å². The van der Waals surface area contributed by atoms with E-state index in [4.69, 9.17) is 4.74 Å². The SMILES string of the molecule is COC(=O)c1ccccc1-c1ccc(C=O)s1. The number of esters is 1. The van der Waals surface area contributed by atoms with E-state index in [1.165, 1.54) is 18.4 Å². The zero-order chi connectivity index (χ0) is 12.3. The zero-order valence-electron chi connectivity index (χ0n) is 9.17. The Hall–Kier alpha value is -1.94. The fraction of sp³-hybridized carbons (Fsp3) is 0.0769. The molecular formula is C13H10O3S. The summed E-state index contributed by atoms with van der Waals surface area (Å²) in [5.74, 6) is -0.373. The average Bonchev–Trinajstić information content (AvgIpc) is 2.86. The van der Waals surface area contributed by atoms with Crippen LogP contribution in [0, 0.1) is 0 Å². The van der Waals surface area contributed by atoms with Crippen molar-refractivity contribution < 1.29 is 14.3 Å². The molecule has 2 aromatic rings. The Balaban J connectivity index is 2.51. The highest BCUT2D eigenvalue weighted by Gasteiger charge is 2.13. The highest BCUT2D eigenvalue weighted by Crippen LogP contribution is 2.30. The normalized spacial score (nSPS) is 9.94. The minimum atomic E-state index is -0.373. The van der Waals surface area contributed by atoms with Crippen molar-refractivity contribution in [2.75, 3.05) is 7.11 Å². The molecule has 17 heavy (non-hydrogen) atoms. The van der Waals surface area contributed by atoms with Crippen molar-refractivity contribution in [1.29, 1.82) is 0 Å². The Bertz CT molecular complexity index is 557. The third-order valence-electron chi connectivity index (χ3n) is 2.34. The van der Waals surface area contributed by atoms with Gasteiger partial charge in [0.2, 0.25) is 0 Å². The van der Waals surface area contributed by atoms with E-state index in [0.717, 1.165) is 16.7 Å². The summed E-state index contributed by atoms with van der Waals surface area (Å²) < 4.78 is 4.73. The molecule has 0 aliphatic heterocycles. The molecular weight excluding hydrogens is 236 g/mol. The summed E-state index contributed by atoms with van der Waals surface area (Å²) in [6.07, 6.45) is 0.801.